The van der Waals surface area contributed by atoms with Crippen molar-refractivity contribution in [2.24, 2.45) is 5.73 Å². The predicted octanol–water partition coefficient (Wildman–Crippen LogP) is 0.715. The maximum atomic E-state index is 13.1. The zero-order valence-corrected chi connectivity index (χ0v) is 13.8. The zero-order valence-electron chi connectivity index (χ0n) is 13.8. The van der Waals surface area contributed by atoms with Crippen molar-refractivity contribution in [1.82, 2.24) is 10.2 Å². The van der Waals surface area contributed by atoms with Crippen LogP contribution in [0.15, 0.2) is 47.2 Å². The molecule has 3 aliphatic heterocycles. The van der Waals surface area contributed by atoms with Crippen molar-refractivity contribution < 1.29 is 9.72 Å². The summed E-state index contributed by atoms with van der Waals surface area (Å²) >= 11 is 0. The molecule has 0 bridgehead atoms. The van der Waals surface area contributed by atoms with Gasteiger partial charge < -0.3 is 21.3 Å². The minimum Gasteiger partial charge on any atom is -0.384 e. The molecular weight excluding hydrogens is 336 g/mol. The fourth-order valence-corrected chi connectivity index (χ4v) is 3.99. The first-order valence-electron chi connectivity index (χ1n) is 8.25. The molecule has 9 heteroatoms. The maximum absolute atomic E-state index is 13.1. The highest BCUT2D eigenvalue weighted by Gasteiger charge is 2.64. The Morgan fingerprint density at radius 2 is 2.12 bits per heavy atom. The van der Waals surface area contributed by atoms with Crippen LogP contribution in [0.4, 0.5) is 5.69 Å². The van der Waals surface area contributed by atoms with E-state index in [2.05, 4.69) is 10.6 Å². The van der Waals surface area contributed by atoms with E-state index in [0.717, 1.165) is 12.8 Å². The molecule has 1 atom stereocenters. The molecule has 3 heterocycles. The summed E-state index contributed by atoms with van der Waals surface area (Å²) in [6.45, 7) is 0.966. The van der Waals surface area contributed by atoms with Gasteiger partial charge in [-0.1, -0.05) is 18.2 Å². The zero-order chi connectivity index (χ0) is 18.5. The first-order chi connectivity index (χ1) is 12.5. The van der Waals surface area contributed by atoms with Crippen molar-refractivity contribution in [3.8, 4) is 6.07 Å². The van der Waals surface area contributed by atoms with Gasteiger partial charge in [0.2, 0.25) is 5.41 Å². The molecule has 4 N–H and O–H groups in total. The number of para-hydroxylation sites is 1. The lowest BCUT2D eigenvalue weighted by molar-refractivity contribution is -0.435. The summed E-state index contributed by atoms with van der Waals surface area (Å²) in [5.74, 6) is -0.367. The normalized spacial score (nSPS) is 24.4. The van der Waals surface area contributed by atoms with E-state index in [1.165, 1.54) is 0 Å². The minimum atomic E-state index is -1.86. The smallest absolute Gasteiger partial charge is 0.311 e. The molecule has 1 saturated heterocycles. The van der Waals surface area contributed by atoms with Gasteiger partial charge >= 0.3 is 5.70 Å². The van der Waals surface area contributed by atoms with Crippen LogP contribution < -0.4 is 16.4 Å². The first-order valence-corrected chi connectivity index (χ1v) is 8.25. The molecular formula is C17H16N6O3. The molecule has 1 unspecified atom stereocenters. The number of carbonyl (C=O) groups is 1. The summed E-state index contributed by atoms with van der Waals surface area (Å²) in [5, 5.41) is 27.7. The highest BCUT2D eigenvalue weighted by atomic mass is 16.6. The number of benzene rings is 1. The van der Waals surface area contributed by atoms with Crippen molar-refractivity contribution in [3.05, 3.63) is 62.9 Å². The van der Waals surface area contributed by atoms with Crippen LogP contribution in [-0.2, 0) is 10.2 Å². The monoisotopic (exact) mass is 352 g/mol. The third-order valence-corrected chi connectivity index (χ3v) is 5.09. The van der Waals surface area contributed by atoms with E-state index in [4.69, 9.17) is 5.73 Å². The van der Waals surface area contributed by atoms with Gasteiger partial charge in [-0.3, -0.25) is 14.9 Å². The van der Waals surface area contributed by atoms with E-state index in [1.54, 1.807) is 29.2 Å². The van der Waals surface area contributed by atoms with E-state index < -0.39 is 16.2 Å². The predicted molar refractivity (Wildman–Crippen MR) is 91.5 cm³/mol. The summed E-state index contributed by atoms with van der Waals surface area (Å²) in [4.78, 5) is 26.2. The number of rotatable bonds is 1. The number of nitro groups is 1. The summed E-state index contributed by atoms with van der Waals surface area (Å²) in [6, 6.07) is 8.66. The van der Waals surface area contributed by atoms with Crippen LogP contribution in [0.5, 0.6) is 0 Å². The average molecular weight is 352 g/mol. The second-order valence-corrected chi connectivity index (χ2v) is 6.36. The minimum absolute atomic E-state index is 0.0781. The maximum Gasteiger partial charge on any atom is 0.311 e. The third kappa shape index (κ3) is 1.81. The van der Waals surface area contributed by atoms with E-state index >= 15 is 0 Å². The molecule has 1 aromatic rings. The Morgan fingerprint density at radius 1 is 1.35 bits per heavy atom. The van der Waals surface area contributed by atoms with E-state index in [-0.39, 0.29) is 22.9 Å². The number of amides is 1. The Bertz CT molecular complexity index is 944. The molecule has 9 nitrogen and oxygen atoms in total. The van der Waals surface area contributed by atoms with Crippen LogP contribution in [0.2, 0.25) is 0 Å². The molecule has 1 aromatic carbocycles. The van der Waals surface area contributed by atoms with Crippen LogP contribution in [-0.4, -0.2) is 28.8 Å². The molecule has 26 heavy (non-hydrogen) atoms. The lowest BCUT2D eigenvalue weighted by Crippen LogP contribution is -2.51. The van der Waals surface area contributed by atoms with E-state index in [9.17, 15) is 20.2 Å². The largest absolute Gasteiger partial charge is 0.384 e. The molecule has 0 aromatic heterocycles. The molecule has 1 amide bonds. The third-order valence-electron chi connectivity index (χ3n) is 5.09. The molecule has 132 valence electrons. The van der Waals surface area contributed by atoms with Crippen LogP contribution in [0, 0.1) is 21.4 Å². The number of nitrogens with two attached hydrogens (primary N) is 1. The molecule has 4 rings (SSSR count). The summed E-state index contributed by atoms with van der Waals surface area (Å²) in [6.07, 6.45) is 1.56. The van der Waals surface area contributed by atoms with Crippen molar-refractivity contribution in [1.29, 1.82) is 5.26 Å². The highest BCUT2D eigenvalue weighted by molar-refractivity contribution is 6.11. The number of hydrogen-bond acceptors (Lipinski definition) is 7. The van der Waals surface area contributed by atoms with Gasteiger partial charge in [0.25, 0.3) is 5.91 Å². The number of anilines is 1. The van der Waals surface area contributed by atoms with Gasteiger partial charge in [-0.25, -0.2) is 0 Å². The highest BCUT2D eigenvalue weighted by Crippen LogP contribution is 2.52. The van der Waals surface area contributed by atoms with E-state index in [1.807, 2.05) is 6.07 Å². The number of nitriles is 1. The lowest BCUT2D eigenvalue weighted by atomic mass is 9.70. The van der Waals surface area contributed by atoms with Gasteiger partial charge in [-0.05, 0) is 18.9 Å². The van der Waals surface area contributed by atoms with Crippen LogP contribution in [0.25, 0.3) is 0 Å². The number of fused-ring (bicyclic) bond motifs is 3. The molecule has 0 aliphatic carbocycles. The Balaban J connectivity index is 2.13. The lowest BCUT2D eigenvalue weighted by Gasteiger charge is -2.36. The standard InChI is InChI=1S/C17H16N6O3/c18-9-11-14(19)22-8-4-3-7-20-15(22)13(23(25)26)17(11)10-5-1-2-6-12(10)21-16(17)24/h1-2,5-6,20H,3-4,7-8,19H2,(H,21,24). The summed E-state index contributed by atoms with van der Waals surface area (Å²) in [5.41, 5.74) is 4.75. The van der Waals surface area contributed by atoms with Gasteiger partial charge in [-0.15, -0.1) is 0 Å². The molecule has 3 aliphatic rings. The van der Waals surface area contributed by atoms with Crippen molar-refractivity contribution >= 4 is 11.6 Å². The van der Waals surface area contributed by atoms with E-state index in [0.29, 0.717) is 24.3 Å². The second kappa shape index (κ2) is 5.49. The molecule has 1 fully saturated rings. The first kappa shape index (κ1) is 16.0. The Labute approximate surface area is 148 Å². The van der Waals surface area contributed by atoms with Gasteiger partial charge in [0.1, 0.15) is 17.5 Å². The Hall–Kier alpha value is -3.54. The Morgan fingerprint density at radius 3 is 2.85 bits per heavy atom. The van der Waals surface area contributed by atoms with Crippen molar-refractivity contribution in [2.75, 3.05) is 18.4 Å². The van der Waals surface area contributed by atoms with Crippen LogP contribution in [0.3, 0.4) is 0 Å². The molecule has 0 saturated carbocycles. The summed E-state index contributed by atoms with van der Waals surface area (Å²) < 4.78 is 0. The van der Waals surface area contributed by atoms with Gasteiger partial charge in [-0.2, -0.15) is 5.26 Å². The Kier molecular flexibility index (Phi) is 3.37. The fourth-order valence-electron chi connectivity index (χ4n) is 3.99. The fraction of sp³-hybridized carbons (Fsp3) is 0.294. The van der Waals surface area contributed by atoms with Gasteiger partial charge in [0, 0.05) is 24.3 Å². The average Bonchev–Trinajstić information content (AvgIpc) is 2.77. The van der Waals surface area contributed by atoms with Crippen LogP contribution in [0.1, 0.15) is 18.4 Å². The molecule has 0 radical (unpaired) electrons. The summed E-state index contributed by atoms with van der Waals surface area (Å²) in [7, 11) is 0. The quantitative estimate of drug-likeness (QED) is 0.500. The van der Waals surface area contributed by atoms with Crippen molar-refractivity contribution in [2.45, 2.75) is 18.3 Å². The number of carbonyl (C=O) groups excluding carboxylic acids is 1. The van der Waals surface area contributed by atoms with Gasteiger partial charge in [0.05, 0.1) is 4.92 Å². The topological polar surface area (TPSA) is 137 Å². The van der Waals surface area contributed by atoms with Crippen LogP contribution >= 0.6 is 0 Å². The molecule has 1 spiro atoms. The van der Waals surface area contributed by atoms with Crippen molar-refractivity contribution in [3.63, 3.8) is 0 Å². The number of hydrogen-bond donors (Lipinski definition) is 3. The van der Waals surface area contributed by atoms with Gasteiger partial charge in [0.15, 0.2) is 5.82 Å². The number of nitrogens with one attached hydrogen (secondary N) is 2. The number of nitrogens with zero attached hydrogens (tertiary/aromatic N) is 3. The SMILES string of the molecule is N#CC1=C(N)N2CCCCNC2=C([N+](=O)[O-])C12C(=O)Nc1ccccc12. The second-order valence-electron chi connectivity index (χ2n) is 6.36.